The molecule has 0 radical (unpaired) electrons. The molecule has 0 aromatic rings. The lowest BCUT2D eigenvalue weighted by molar-refractivity contribution is -0.123. The molecule has 0 rings (SSSR count). The smallest absolute Gasteiger partial charge is 0.220 e. The van der Waals surface area contributed by atoms with Gasteiger partial charge in [-0.15, -0.1) is 0 Å². The number of aliphatic hydroxyl groups excluding tert-OH is 2. The van der Waals surface area contributed by atoms with Crippen molar-refractivity contribution in [2.24, 2.45) is 0 Å². The van der Waals surface area contributed by atoms with E-state index >= 15 is 0 Å². The zero-order valence-electron chi connectivity index (χ0n) is 37.6. The average Bonchev–Trinajstić information content (AvgIpc) is 3.22. The number of unbranched alkanes of at least 4 members (excludes halogenated alkanes) is 24. The Morgan fingerprint density at radius 1 is 0.439 bits per heavy atom. The van der Waals surface area contributed by atoms with Gasteiger partial charge in [0.15, 0.2) is 0 Å². The number of carbonyl (C=O) groups is 1. The van der Waals surface area contributed by atoms with Crippen LogP contribution < -0.4 is 5.32 Å². The monoisotopic (exact) mass is 792 g/mol. The predicted octanol–water partition coefficient (Wildman–Crippen LogP) is 15.6. The van der Waals surface area contributed by atoms with Crippen molar-refractivity contribution >= 4 is 5.91 Å². The van der Waals surface area contributed by atoms with Crippen LogP contribution in [0.5, 0.6) is 0 Å². The van der Waals surface area contributed by atoms with Gasteiger partial charge < -0.3 is 15.5 Å². The summed E-state index contributed by atoms with van der Waals surface area (Å²) in [6.45, 7) is 4.18. The van der Waals surface area contributed by atoms with E-state index in [-0.39, 0.29) is 12.5 Å². The van der Waals surface area contributed by atoms with Crippen molar-refractivity contribution in [2.45, 2.75) is 238 Å². The number of aliphatic hydroxyl groups is 2. The lowest BCUT2D eigenvalue weighted by Crippen LogP contribution is -2.45. The van der Waals surface area contributed by atoms with Crippen molar-refractivity contribution in [2.75, 3.05) is 6.61 Å². The Kier molecular flexibility index (Phi) is 45.9. The van der Waals surface area contributed by atoms with E-state index in [0.717, 1.165) is 64.2 Å². The van der Waals surface area contributed by atoms with Crippen molar-refractivity contribution in [1.29, 1.82) is 0 Å². The van der Waals surface area contributed by atoms with Gasteiger partial charge >= 0.3 is 0 Å². The fourth-order valence-electron chi connectivity index (χ4n) is 6.91. The summed E-state index contributed by atoms with van der Waals surface area (Å²) in [6, 6.07) is -0.653. The maximum atomic E-state index is 12.4. The largest absolute Gasteiger partial charge is 0.394 e. The van der Waals surface area contributed by atoms with E-state index in [1.807, 2.05) is 6.08 Å². The summed E-state index contributed by atoms with van der Waals surface area (Å²) >= 11 is 0. The maximum Gasteiger partial charge on any atom is 0.220 e. The van der Waals surface area contributed by atoms with Gasteiger partial charge in [0.25, 0.3) is 0 Å². The minimum Gasteiger partial charge on any atom is -0.394 e. The standard InChI is InChI=1S/C53H93NO3/c1-3-5-7-9-11-13-15-17-19-21-23-25-27-29-31-33-35-37-39-41-43-45-47-49-53(57)54-51(50-55)52(56)48-46-44-42-40-38-36-34-32-30-28-26-24-22-20-18-16-14-12-10-8-6-4-2/h5,7,11,13,17,19,23,25,30,32,38,40,46,48,51-52,55-56H,3-4,6,8-10,12,14-16,18,20-22,24,26-29,31,33-37,39,41-45,47,49-50H2,1-2H3,(H,54,57)/b7-5-,13-11-,19-17-,25-23-,32-30+,40-38+,48-46+. The van der Waals surface area contributed by atoms with Crippen LogP contribution >= 0.6 is 0 Å². The Bertz CT molecular complexity index is 1030. The summed E-state index contributed by atoms with van der Waals surface area (Å²) in [4.78, 5) is 12.4. The number of hydrogen-bond donors (Lipinski definition) is 3. The fraction of sp³-hybridized carbons (Fsp3) is 0.717. The van der Waals surface area contributed by atoms with Crippen molar-refractivity contribution < 1.29 is 15.0 Å². The van der Waals surface area contributed by atoms with Crippen LogP contribution in [0.3, 0.4) is 0 Å². The molecule has 0 aromatic heterocycles. The van der Waals surface area contributed by atoms with Crippen LogP contribution in [0.4, 0.5) is 0 Å². The Balaban J connectivity index is 3.64. The van der Waals surface area contributed by atoms with Gasteiger partial charge in [0.05, 0.1) is 18.8 Å². The molecule has 0 fully saturated rings. The molecule has 1 amide bonds. The van der Waals surface area contributed by atoms with Crippen molar-refractivity contribution in [1.82, 2.24) is 5.32 Å². The molecule has 4 heteroatoms. The van der Waals surface area contributed by atoms with E-state index in [9.17, 15) is 15.0 Å². The summed E-state index contributed by atoms with van der Waals surface area (Å²) in [5, 5.41) is 23.1. The molecule has 0 heterocycles. The van der Waals surface area contributed by atoms with Crippen molar-refractivity contribution in [3.63, 3.8) is 0 Å². The zero-order chi connectivity index (χ0) is 41.4. The minimum absolute atomic E-state index is 0.0853. The van der Waals surface area contributed by atoms with Gasteiger partial charge in [-0.05, 0) is 83.5 Å². The second-order valence-corrected chi connectivity index (χ2v) is 16.1. The molecule has 2 atom stereocenters. The molecular weight excluding hydrogens is 699 g/mol. The summed E-state index contributed by atoms with van der Waals surface area (Å²) in [7, 11) is 0. The van der Waals surface area contributed by atoms with Crippen LogP contribution in [-0.4, -0.2) is 34.9 Å². The molecular formula is C53H93NO3. The molecule has 0 saturated carbocycles. The number of carbonyl (C=O) groups excluding carboxylic acids is 1. The number of nitrogens with one attached hydrogen (secondary N) is 1. The highest BCUT2D eigenvalue weighted by Gasteiger charge is 2.17. The van der Waals surface area contributed by atoms with E-state index in [2.05, 4.69) is 92.1 Å². The van der Waals surface area contributed by atoms with E-state index in [1.54, 1.807) is 6.08 Å². The first-order chi connectivity index (χ1) is 28.2. The van der Waals surface area contributed by atoms with Gasteiger partial charge in [-0.1, -0.05) is 221 Å². The Morgan fingerprint density at radius 3 is 1.23 bits per heavy atom. The molecule has 2 unspecified atom stereocenters. The van der Waals surface area contributed by atoms with Crippen LogP contribution in [0.2, 0.25) is 0 Å². The lowest BCUT2D eigenvalue weighted by atomic mass is 10.0. The van der Waals surface area contributed by atoms with E-state index < -0.39 is 12.1 Å². The topological polar surface area (TPSA) is 69.6 Å². The molecule has 3 N–H and O–H groups in total. The van der Waals surface area contributed by atoms with E-state index in [4.69, 9.17) is 0 Å². The zero-order valence-corrected chi connectivity index (χ0v) is 37.6. The third kappa shape index (κ3) is 44.5. The van der Waals surface area contributed by atoms with Crippen LogP contribution in [0.25, 0.3) is 0 Å². The SMILES string of the molecule is CC/C=C\C/C=C\C/C=C\C/C=C\CCCCCCCCCCCCC(=O)NC(CO)C(O)/C=C/CC/C=C/CC/C=C/CCCCCCCCCCCCCC. The molecule has 4 nitrogen and oxygen atoms in total. The highest BCUT2D eigenvalue weighted by Crippen LogP contribution is 2.14. The summed E-state index contributed by atoms with van der Waals surface area (Å²) in [6.07, 6.45) is 69.9. The van der Waals surface area contributed by atoms with E-state index in [1.165, 1.54) is 141 Å². The second-order valence-electron chi connectivity index (χ2n) is 16.1. The highest BCUT2D eigenvalue weighted by molar-refractivity contribution is 5.76. The van der Waals surface area contributed by atoms with Gasteiger partial charge in [-0.25, -0.2) is 0 Å². The second kappa shape index (κ2) is 47.9. The predicted molar refractivity (Wildman–Crippen MR) is 253 cm³/mol. The molecule has 328 valence electrons. The molecule has 0 aliphatic carbocycles. The average molecular weight is 792 g/mol. The summed E-state index contributed by atoms with van der Waals surface area (Å²) < 4.78 is 0. The summed E-state index contributed by atoms with van der Waals surface area (Å²) in [5.41, 5.74) is 0. The molecule has 0 saturated heterocycles. The third-order valence-corrected chi connectivity index (χ3v) is 10.6. The Morgan fingerprint density at radius 2 is 0.789 bits per heavy atom. The number of amides is 1. The number of rotatable bonds is 43. The van der Waals surface area contributed by atoms with Crippen molar-refractivity contribution in [3.8, 4) is 0 Å². The van der Waals surface area contributed by atoms with Crippen LogP contribution in [0.1, 0.15) is 226 Å². The number of hydrogen-bond acceptors (Lipinski definition) is 3. The first kappa shape index (κ1) is 54.6. The lowest BCUT2D eigenvalue weighted by Gasteiger charge is -2.19. The molecule has 0 aromatic carbocycles. The normalized spacial score (nSPS) is 13.7. The first-order valence-electron chi connectivity index (χ1n) is 24.3. The van der Waals surface area contributed by atoms with Crippen molar-refractivity contribution in [3.05, 3.63) is 85.1 Å². The Labute approximate surface area is 354 Å². The van der Waals surface area contributed by atoms with Crippen LogP contribution in [0.15, 0.2) is 85.1 Å². The van der Waals surface area contributed by atoms with E-state index in [0.29, 0.717) is 6.42 Å². The highest BCUT2D eigenvalue weighted by atomic mass is 16.3. The molecule has 57 heavy (non-hydrogen) atoms. The molecule has 0 spiro atoms. The third-order valence-electron chi connectivity index (χ3n) is 10.6. The minimum atomic E-state index is -0.877. The van der Waals surface area contributed by atoms with Crippen LogP contribution in [-0.2, 0) is 4.79 Å². The van der Waals surface area contributed by atoms with Crippen LogP contribution in [0, 0.1) is 0 Å². The van der Waals surface area contributed by atoms with Gasteiger partial charge in [0, 0.05) is 6.42 Å². The summed E-state index contributed by atoms with van der Waals surface area (Å²) in [5.74, 6) is -0.0853. The van der Waals surface area contributed by atoms with Gasteiger partial charge in [0.2, 0.25) is 5.91 Å². The molecule has 0 bridgehead atoms. The Hall–Kier alpha value is -2.43. The number of allylic oxidation sites excluding steroid dienone is 13. The molecule has 0 aliphatic heterocycles. The molecule has 0 aliphatic rings. The van der Waals surface area contributed by atoms with Gasteiger partial charge in [-0.2, -0.15) is 0 Å². The van der Waals surface area contributed by atoms with Gasteiger partial charge in [0.1, 0.15) is 0 Å². The fourth-order valence-corrected chi connectivity index (χ4v) is 6.91. The maximum absolute atomic E-state index is 12.4. The first-order valence-corrected chi connectivity index (χ1v) is 24.3. The quantitative estimate of drug-likeness (QED) is 0.0425. The van der Waals surface area contributed by atoms with Gasteiger partial charge in [-0.3, -0.25) is 4.79 Å².